The van der Waals surface area contributed by atoms with Gasteiger partial charge < -0.3 is 9.84 Å². The van der Waals surface area contributed by atoms with Crippen molar-refractivity contribution in [3.8, 4) is 5.75 Å². The van der Waals surface area contributed by atoms with Gasteiger partial charge in [-0.15, -0.1) is 0 Å². The highest BCUT2D eigenvalue weighted by atomic mass is 79.9. The quantitative estimate of drug-likeness (QED) is 0.907. The van der Waals surface area contributed by atoms with Gasteiger partial charge in [-0.3, -0.25) is 0 Å². The van der Waals surface area contributed by atoms with Crippen molar-refractivity contribution in [3.05, 3.63) is 27.7 Å². The smallest absolute Gasteiger partial charge is 0.336 e. The summed E-state index contributed by atoms with van der Waals surface area (Å²) in [7, 11) is 0. The average Bonchev–Trinajstić information content (AvgIpc) is 2.10. The lowest BCUT2D eigenvalue weighted by Gasteiger charge is -2.09. The molecule has 0 heterocycles. The van der Waals surface area contributed by atoms with Crippen LogP contribution < -0.4 is 4.74 Å². The van der Waals surface area contributed by atoms with Crippen LogP contribution in [0.1, 0.15) is 22.8 Å². The van der Waals surface area contributed by atoms with E-state index in [9.17, 15) is 4.79 Å². The second-order valence-corrected chi connectivity index (χ2v) is 3.73. The maximum absolute atomic E-state index is 10.9. The molecule has 0 aliphatic carbocycles. The van der Waals surface area contributed by atoms with E-state index in [1.807, 2.05) is 6.92 Å². The predicted molar refractivity (Wildman–Crippen MR) is 57.0 cm³/mol. The molecule has 0 spiro atoms. The Morgan fingerprint density at radius 1 is 1.57 bits per heavy atom. The summed E-state index contributed by atoms with van der Waals surface area (Å²) >= 11 is 3.24. The fourth-order valence-electron chi connectivity index (χ4n) is 1.18. The Kier molecular flexibility index (Phi) is 3.52. The first-order chi connectivity index (χ1) is 6.56. The summed E-state index contributed by atoms with van der Waals surface area (Å²) in [4.78, 5) is 10.9. The molecule has 1 aromatic carbocycles. The number of ether oxygens (including phenoxy) is 1. The highest BCUT2D eigenvalue weighted by molar-refractivity contribution is 9.10. The molecular formula is C10H11BrO3. The van der Waals surface area contributed by atoms with E-state index in [4.69, 9.17) is 9.84 Å². The molecule has 76 valence electrons. The Balaban J connectivity index is 3.24. The van der Waals surface area contributed by atoms with Gasteiger partial charge in [0.25, 0.3) is 0 Å². The Morgan fingerprint density at radius 3 is 2.71 bits per heavy atom. The Bertz CT molecular complexity index is 361. The van der Waals surface area contributed by atoms with Crippen LogP contribution >= 0.6 is 15.9 Å². The van der Waals surface area contributed by atoms with Crippen LogP contribution in [0, 0.1) is 6.92 Å². The number of benzene rings is 1. The van der Waals surface area contributed by atoms with Crippen LogP contribution in [0.3, 0.4) is 0 Å². The number of carboxylic acids is 1. The van der Waals surface area contributed by atoms with Gasteiger partial charge in [0.2, 0.25) is 0 Å². The van der Waals surface area contributed by atoms with E-state index in [0.29, 0.717) is 22.4 Å². The fraction of sp³-hybridized carbons (Fsp3) is 0.300. The third-order valence-electron chi connectivity index (χ3n) is 1.86. The van der Waals surface area contributed by atoms with Crippen molar-refractivity contribution in [2.75, 3.05) is 6.61 Å². The second kappa shape index (κ2) is 4.46. The normalized spacial score (nSPS) is 9.93. The van der Waals surface area contributed by atoms with Gasteiger partial charge in [-0.05, 0) is 26.0 Å². The molecule has 0 atom stereocenters. The summed E-state index contributed by atoms with van der Waals surface area (Å²) in [5.74, 6) is -0.330. The third kappa shape index (κ3) is 2.26. The number of aromatic carboxylic acids is 1. The van der Waals surface area contributed by atoms with Gasteiger partial charge in [0, 0.05) is 10.0 Å². The van der Waals surface area contributed by atoms with Crippen LogP contribution in [0.4, 0.5) is 0 Å². The van der Waals surface area contributed by atoms with Gasteiger partial charge in [0.1, 0.15) is 5.75 Å². The number of hydrogen-bond donors (Lipinski definition) is 1. The molecule has 0 amide bonds. The summed E-state index contributed by atoms with van der Waals surface area (Å²) in [5.41, 5.74) is 0.922. The first kappa shape index (κ1) is 11.0. The molecule has 0 fully saturated rings. The summed E-state index contributed by atoms with van der Waals surface area (Å²) in [6.45, 7) is 4.12. The topological polar surface area (TPSA) is 46.5 Å². The van der Waals surface area contributed by atoms with Crippen molar-refractivity contribution in [2.45, 2.75) is 13.8 Å². The van der Waals surface area contributed by atoms with Crippen LogP contribution in [0.25, 0.3) is 0 Å². The van der Waals surface area contributed by atoms with Gasteiger partial charge in [-0.25, -0.2) is 4.79 Å². The van der Waals surface area contributed by atoms with E-state index in [-0.39, 0.29) is 5.56 Å². The summed E-state index contributed by atoms with van der Waals surface area (Å²) in [5, 5.41) is 8.91. The summed E-state index contributed by atoms with van der Waals surface area (Å²) in [6, 6.07) is 3.34. The van der Waals surface area contributed by atoms with E-state index in [2.05, 4.69) is 15.9 Å². The minimum atomic E-state index is -0.940. The van der Waals surface area contributed by atoms with Gasteiger partial charge >= 0.3 is 5.97 Å². The van der Waals surface area contributed by atoms with E-state index in [0.717, 1.165) is 0 Å². The van der Waals surface area contributed by atoms with Crippen molar-refractivity contribution in [2.24, 2.45) is 0 Å². The second-order valence-electron chi connectivity index (χ2n) is 2.81. The van der Waals surface area contributed by atoms with Crippen molar-refractivity contribution in [1.29, 1.82) is 0 Å². The largest absolute Gasteiger partial charge is 0.494 e. The molecule has 0 saturated carbocycles. The van der Waals surface area contributed by atoms with Crippen LogP contribution in [0.15, 0.2) is 16.6 Å². The van der Waals surface area contributed by atoms with Crippen LogP contribution in [-0.2, 0) is 0 Å². The minimum absolute atomic E-state index is 0.267. The van der Waals surface area contributed by atoms with E-state index < -0.39 is 5.97 Å². The first-order valence-corrected chi connectivity index (χ1v) is 5.01. The highest BCUT2D eigenvalue weighted by Crippen LogP contribution is 2.27. The molecule has 14 heavy (non-hydrogen) atoms. The van der Waals surface area contributed by atoms with Crippen LogP contribution in [0.5, 0.6) is 5.75 Å². The standard InChI is InChI=1S/C10H11BrO3/c1-3-14-9-5-7(11)4-8(6(9)2)10(12)13/h4-5H,3H2,1-2H3,(H,12,13). The first-order valence-electron chi connectivity index (χ1n) is 4.22. The van der Waals surface area contributed by atoms with Crippen molar-refractivity contribution in [1.82, 2.24) is 0 Å². The van der Waals surface area contributed by atoms with Gasteiger partial charge in [0.05, 0.1) is 12.2 Å². The number of halogens is 1. The number of rotatable bonds is 3. The number of carbonyl (C=O) groups is 1. The molecule has 1 rings (SSSR count). The zero-order valence-electron chi connectivity index (χ0n) is 8.00. The Morgan fingerprint density at radius 2 is 2.21 bits per heavy atom. The highest BCUT2D eigenvalue weighted by Gasteiger charge is 2.12. The maximum atomic E-state index is 10.9. The summed E-state index contributed by atoms with van der Waals surface area (Å²) < 4.78 is 6.03. The maximum Gasteiger partial charge on any atom is 0.336 e. The van der Waals surface area contributed by atoms with Crippen molar-refractivity contribution >= 4 is 21.9 Å². The SMILES string of the molecule is CCOc1cc(Br)cc(C(=O)O)c1C. The molecule has 0 aliphatic rings. The molecule has 1 aromatic rings. The average molecular weight is 259 g/mol. The number of carboxylic acid groups (broad SMARTS) is 1. The lowest BCUT2D eigenvalue weighted by Crippen LogP contribution is -2.03. The predicted octanol–water partition coefficient (Wildman–Crippen LogP) is 2.85. The molecule has 4 heteroatoms. The Hall–Kier alpha value is -1.03. The lowest BCUT2D eigenvalue weighted by atomic mass is 10.1. The molecular weight excluding hydrogens is 248 g/mol. The van der Waals surface area contributed by atoms with Crippen molar-refractivity contribution < 1.29 is 14.6 Å². The summed E-state index contributed by atoms with van der Waals surface area (Å²) in [6.07, 6.45) is 0. The molecule has 0 saturated heterocycles. The van der Waals surface area contributed by atoms with Crippen molar-refractivity contribution in [3.63, 3.8) is 0 Å². The van der Waals surface area contributed by atoms with Crippen LogP contribution in [-0.4, -0.2) is 17.7 Å². The van der Waals surface area contributed by atoms with E-state index in [1.54, 1.807) is 19.1 Å². The van der Waals surface area contributed by atoms with E-state index in [1.165, 1.54) is 0 Å². The molecule has 0 aliphatic heterocycles. The minimum Gasteiger partial charge on any atom is -0.494 e. The van der Waals surface area contributed by atoms with Crippen LogP contribution in [0.2, 0.25) is 0 Å². The third-order valence-corrected chi connectivity index (χ3v) is 2.31. The molecule has 0 aromatic heterocycles. The molecule has 1 N–H and O–H groups in total. The zero-order valence-corrected chi connectivity index (χ0v) is 9.59. The fourth-order valence-corrected chi connectivity index (χ4v) is 1.62. The monoisotopic (exact) mass is 258 g/mol. The molecule has 0 bridgehead atoms. The molecule has 0 unspecified atom stereocenters. The number of hydrogen-bond acceptors (Lipinski definition) is 2. The molecule has 3 nitrogen and oxygen atoms in total. The molecule has 0 radical (unpaired) electrons. The van der Waals surface area contributed by atoms with E-state index >= 15 is 0 Å². The van der Waals surface area contributed by atoms with Gasteiger partial charge in [-0.2, -0.15) is 0 Å². The van der Waals surface area contributed by atoms with Gasteiger partial charge in [-0.1, -0.05) is 15.9 Å². The lowest BCUT2D eigenvalue weighted by molar-refractivity contribution is 0.0695. The van der Waals surface area contributed by atoms with Gasteiger partial charge in [0.15, 0.2) is 0 Å². The zero-order chi connectivity index (χ0) is 10.7. The Labute approximate surface area is 90.8 Å².